The molecule has 1 unspecified atom stereocenters. The van der Waals surface area contributed by atoms with Crippen molar-refractivity contribution in [1.82, 2.24) is 14.7 Å². The van der Waals surface area contributed by atoms with E-state index in [0.717, 1.165) is 27.5 Å². The molecule has 0 saturated heterocycles. The first kappa shape index (κ1) is 18.0. The zero-order chi connectivity index (χ0) is 19.5. The number of carbonyl (C=O) groups excluding carboxylic acids is 1. The maximum atomic E-state index is 12.5. The fraction of sp³-hybridized carbons (Fsp3) is 0.136. The van der Waals surface area contributed by atoms with E-state index in [1.54, 1.807) is 12.1 Å². The van der Waals surface area contributed by atoms with Gasteiger partial charge in [-0.25, -0.2) is 4.98 Å². The average Bonchev–Trinajstić information content (AvgIpc) is 3.31. The van der Waals surface area contributed by atoms with Crippen LogP contribution >= 0.6 is 11.3 Å². The normalized spacial score (nSPS) is 11.9. The van der Waals surface area contributed by atoms with Crippen LogP contribution in [0.2, 0.25) is 0 Å². The lowest BCUT2D eigenvalue weighted by atomic mass is 10.1. The van der Waals surface area contributed by atoms with Crippen molar-refractivity contribution in [2.75, 3.05) is 0 Å². The standard InChI is InChI=1S/C22H18N4OS/c1-15(17-9-7-16(12-23)8-10-17)24-21(27)11-19-14-28-22-25-20(13-26(19)22)18-5-3-2-4-6-18/h2-10,13-15H,11H2,1H3,(H,24,27). The number of nitrogens with one attached hydrogen (secondary N) is 1. The number of nitriles is 1. The van der Waals surface area contributed by atoms with Crippen LogP contribution < -0.4 is 5.32 Å². The zero-order valence-electron chi connectivity index (χ0n) is 15.3. The highest BCUT2D eigenvalue weighted by molar-refractivity contribution is 7.15. The molecule has 6 heteroatoms. The molecule has 0 spiro atoms. The maximum Gasteiger partial charge on any atom is 0.226 e. The third kappa shape index (κ3) is 3.66. The van der Waals surface area contributed by atoms with Gasteiger partial charge in [-0.2, -0.15) is 5.26 Å². The fourth-order valence-corrected chi connectivity index (χ4v) is 3.96. The molecule has 138 valence electrons. The first-order valence-corrected chi connectivity index (χ1v) is 9.82. The Kier molecular flexibility index (Phi) is 4.92. The van der Waals surface area contributed by atoms with E-state index in [2.05, 4.69) is 16.4 Å². The number of imidazole rings is 1. The minimum atomic E-state index is -0.128. The van der Waals surface area contributed by atoms with Gasteiger partial charge in [0.2, 0.25) is 5.91 Å². The molecule has 2 aromatic carbocycles. The summed E-state index contributed by atoms with van der Waals surface area (Å²) < 4.78 is 1.99. The van der Waals surface area contributed by atoms with Crippen LogP contribution in [-0.4, -0.2) is 15.3 Å². The van der Waals surface area contributed by atoms with Crippen LogP contribution in [0.4, 0.5) is 0 Å². The summed E-state index contributed by atoms with van der Waals surface area (Å²) in [5, 5.41) is 13.9. The van der Waals surface area contributed by atoms with Crippen molar-refractivity contribution in [3.63, 3.8) is 0 Å². The van der Waals surface area contributed by atoms with Gasteiger partial charge in [0, 0.05) is 22.8 Å². The summed E-state index contributed by atoms with van der Waals surface area (Å²) in [6, 6.07) is 19.2. The number of fused-ring (bicyclic) bond motifs is 1. The maximum absolute atomic E-state index is 12.5. The number of carbonyl (C=O) groups is 1. The number of nitrogens with zero attached hydrogens (tertiary/aromatic N) is 3. The minimum absolute atomic E-state index is 0.0495. The first-order valence-electron chi connectivity index (χ1n) is 8.94. The van der Waals surface area contributed by atoms with Crippen LogP contribution in [0.5, 0.6) is 0 Å². The summed E-state index contributed by atoms with van der Waals surface area (Å²) in [5.41, 5.74) is 4.46. The van der Waals surface area contributed by atoms with E-state index in [1.807, 2.05) is 65.4 Å². The average molecular weight is 386 g/mol. The number of thiazole rings is 1. The number of benzene rings is 2. The van der Waals surface area contributed by atoms with Gasteiger partial charge in [-0.15, -0.1) is 11.3 Å². The van der Waals surface area contributed by atoms with E-state index >= 15 is 0 Å². The number of amides is 1. The molecule has 1 atom stereocenters. The molecule has 4 rings (SSSR count). The quantitative estimate of drug-likeness (QED) is 0.554. The second kappa shape index (κ2) is 7.67. The topological polar surface area (TPSA) is 70.2 Å². The van der Waals surface area contributed by atoms with Gasteiger partial charge in [0.15, 0.2) is 4.96 Å². The predicted octanol–water partition coefficient (Wildman–Crippen LogP) is 4.35. The highest BCUT2D eigenvalue weighted by atomic mass is 32.1. The summed E-state index contributed by atoms with van der Waals surface area (Å²) >= 11 is 1.53. The molecule has 0 fully saturated rings. The highest BCUT2D eigenvalue weighted by Crippen LogP contribution is 2.24. The molecule has 5 nitrogen and oxygen atoms in total. The molecule has 4 aromatic rings. The van der Waals surface area contributed by atoms with Crippen molar-refractivity contribution in [3.8, 4) is 17.3 Å². The van der Waals surface area contributed by atoms with Gasteiger partial charge < -0.3 is 5.32 Å². The second-order valence-electron chi connectivity index (χ2n) is 6.57. The minimum Gasteiger partial charge on any atom is -0.349 e. The Balaban J connectivity index is 1.47. The molecular weight excluding hydrogens is 368 g/mol. The van der Waals surface area contributed by atoms with E-state index in [9.17, 15) is 4.79 Å². The Morgan fingerprint density at radius 2 is 1.96 bits per heavy atom. The SMILES string of the molecule is CC(NC(=O)Cc1csc2nc(-c3ccccc3)cn12)c1ccc(C#N)cc1. The van der Waals surface area contributed by atoms with Crippen LogP contribution in [-0.2, 0) is 11.2 Å². The molecule has 0 radical (unpaired) electrons. The highest BCUT2D eigenvalue weighted by Gasteiger charge is 2.14. The summed E-state index contributed by atoms with van der Waals surface area (Å²) in [4.78, 5) is 18.1. The van der Waals surface area contributed by atoms with Gasteiger partial charge in [-0.1, -0.05) is 42.5 Å². The Hall–Kier alpha value is -3.43. The number of aromatic nitrogens is 2. The summed E-state index contributed by atoms with van der Waals surface area (Å²) in [6.45, 7) is 1.94. The van der Waals surface area contributed by atoms with Crippen LogP contribution in [0.25, 0.3) is 16.2 Å². The van der Waals surface area contributed by atoms with Crippen molar-refractivity contribution < 1.29 is 4.79 Å². The van der Waals surface area contributed by atoms with Crippen LogP contribution in [0.15, 0.2) is 66.2 Å². The Bertz CT molecular complexity index is 1150. The lowest BCUT2D eigenvalue weighted by molar-refractivity contribution is -0.121. The van der Waals surface area contributed by atoms with Crippen LogP contribution in [0.3, 0.4) is 0 Å². The molecule has 1 N–H and O–H groups in total. The molecule has 0 saturated carbocycles. The molecule has 2 heterocycles. The lowest BCUT2D eigenvalue weighted by Crippen LogP contribution is -2.28. The van der Waals surface area contributed by atoms with Crippen molar-refractivity contribution >= 4 is 22.2 Å². The molecule has 28 heavy (non-hydrogen) atoms. The van der Waals surface area contributed by atoms with E-state index in [0.29, 0.717) is 5.56 Å². The van der Waals surface area contributed by atoms with Gasteiger partial charge in [0.25, 0.3) is 0 Å². The van der Waals surface area contributed by atoms with Gasteiger partial charge in [0.1, 0.15) is 0 Å². The van der Waals surface area contributed by atoms with Gasteiger partial charge in [0.05, 0.1) is 29.8 Å². The van der Waals surface area contributed by atoms with Crippen molar-refractivity contribution in [2.45, 2.75) is 19.4 Å². The molecule has 1 amide bonds. The summed E-state index contributed by atoms with van der Waals surface area (Å²) in [6.07, 6.45) is 2.26. The molecule has 0 aliphatic heterocycles. The largest absolute Gasteiger partial charge is 0.349 e. The Labute approximate surface area is 166 Å². The number of rotatable bonds is 5. The van der Waals surface area contributed by atoms with Gasteiger partial charge in [-0.05, 0) is 24.6 Å². The monoisotopic (exact) mass is 386 g/mol. The van der Waals surface area contributed by atoms with Crippen molar-refractivity contribution in [2.24, 2.45) is 0 Å². The van der Waals surface area contributed by atoms with E-state index < -0.39 is 0 Å². The van der Waals surface area contributed by atoms with E-state index in [1.165, 1.54) is 11.3 Å². The molecule has 0 bridgehead atoms. The number of hydrogen-bond acceptors (Lipinski definition) is 4. The molecule has 0 aliphatic rings. The Morgan fingerprint density at radius 3 is 2.68 bits per heavy atom. The third-order valence-electron chi connectivity index (χ3n) is 4.61. The molecule has 0 aliphatic carbocycles. The molecule has 2 aromatic heterocycles. The predicted molar refractivity (Wildman–Crippen MR) is 110 cm³/mol. The van der Waals surface area contributed by atoms with Gasteiger partial charge >= 0.3 is 0 Å². The Morgan fingerprint density at radius 1 is 1.21 bits per heavy atom. The number of hydrogen-bond donors (Lipinski definition) is 1. The van der Waals surface area contributed by atoms with Crippen LogP contribution in [0, 0.1) is 11.3 Å². The molecular formula is C22H18N4OS. The van der Waals surface area contributed by atoms with E-state index in [-0.39, 0.29) is 18.4 Å². The summed E-state index contributed by atoms with van der Waals surface area (Å²) in [7, 11) is 0. The second-order valence-corrected chi connectivity index (χ2v) is 7.41. The fourth-order valence-electron chi connectivity index (χ4n) is 3.09. The van der Waals surface area contributed by atoms with E-state index in [4.69, 9.17) is 5.26 Å². The summed E-state index contributed by atoms with van der Waals surface area (Å²) in [5.74, 6) is -0.0495. The smallest absolute Gasteiger partial charge is 0.226 e. The van der Waals surface area contributed by atoms with Crippen LogP contribution in [0.1, 0.15) is 29.8 Å². The lowest BCUT2D eigenvalue weighted by Gasteiger charge is -2.14. The van der Waals surface area contributed by atoms with Crippen molar-refractivity contribution in [1.29, 1.82) is 5.26 Å². The first-order chi connectivity index (χ1) is 13.6. The van der Waals surface area contributed by atoms with Gasteiger partial charge in [-0.3, -0.25) is 9.20 Å². The third-order valence-corrected chi connectivity index (χ3v) is 5.50. The van der Waals surface area contributed by atoms with Crippen molar-refractivity contribution in [3.05, 3.63) is 83.0 Å². The zero-order valence-corrected chi connectivity index (χ0v) is 16.1.